The molecule has 0 aromatic heterocycles. The average molecular weight is 364 g/mol. The number of carbonyl (C=O) groups excluding carboxylic acids is 1. The van der Waals surface area contributed by atoms with Crippen LogP contribution in [0, 0.1) is 0 Å². The molecule has 24 heavy (non-hydrogen) atoms. The summed E-state index contributed by atoms with van der Waals surface area (Å²) < 4.78 is 25.5. The molecule has 0 unspecified atom stereocenters. The van der Waals surface area contributed by atoms with Gasteiger partial charge in [-0.05, 0) is 49.1 Å². The monoisotopic (exact) mass is 364 g/mol. The zero-order chi connectivity index (χ0) is 17.6. The molecule has 0 aliphatic heterocycles. The average Bonchev–Trinajstić information content (AvgIpc) is 2.57. The molecule has 0 aliphatic rings. The van der Waals surface area contributed by atoms with Gasteiger partial charge < -0.3 is 5.32 Å². The minimum absolute atomic E-state index is 0.00111. The number of nitrogens with one attached hydrogen (secondary N) is 2. The highest BCUT2D eigenvalue weighted by atomic mass is 32.2. The molecule has 5 nitrogen and oxygen atoms in total. The minimum atomic E-state index is -3.32. The number of sulfonamides is 1. The maximum Gasteiger partial charge on any atom is 0.255 e. The number of hydrogen-bond donors (Lipinski definition) is 2. The van der Waals surface area contributed by atoms with Gasteiger partial charge >= 0.3 is 0 Å². The van der Waals surface area contributed by atoms with Gasteiger partial charge in [0.05, 0.1) is 11.4 Å². The normalized spacial score (nSPS) is 11.1. The number of benzene rings is 2. The zero-order valence-electron chi connectivity index (χ0n) is 13.6. The lowest BCUT2D eigenvalue weighted by Gasteiger charge is -2.11. The molecule has 2 aromatic rings. The molecule has 0 saturated heterocycles. The van der Waals surface area contributed by atoms with Gasteiger partial charge in [0.25, 0.3) is 5.91 Å². The Bertz CT molecular complexity index is 803. The molecule has 0 saturated carbocycles. The molecule has 1 amide bonds. The summed E-state index contributed by atoms with van der Waals surface area (Å²) in [7, 11) is -3.32. The molecule has 2 rings (SSSR count). The van der Waals surface area contributed by atoms with Crippen LogP contribution in [0.15, 0.2) is 53.4 Å². The van der Waals surface area contributed by atoms with E-state index in [9.17, 15) is 13.2 Å². The Morgan fingerprint density at radius 2 is 1.71 bits per heavy atom. The standard InChI is InChI=1S/C17H20N2O3S2/c1-3-23-16-8-6-5-7-15(16)18-17(20)13-9-11-14(12-10-13)19-24(21,22)4-2/h5-12,19H,3-4H2,1-2H3,(H,18,20). The largest absolute Gasteiger partial charge is 0.321 e. The van der Waals surface area contributed by atoms with E-state index in [1.165, 1.54) is 0 Å². The molecule has 0 radical (unpaired) electrons. The first kappa shape index (κ1) is 18.4. The number of amides is 1. The Morgan fingerprint density at radius 1 is 1.04 bits per heavy atom. The third-order valence-corrected chi connectivity index (χ3v) is 5.50. The Balaban J connectivity index is 2.11. The van der Waals surface area contributed by atoms with Crippen LogP contribution in [-0.4, -0.2) is 25.8 Å². The fraction of sp³-hybridized carbons (Fsp3) is 0.235. The van der Waals surface area contributed by atoms with Crippen LogP contribution in [-0.2, 0) is 10.0 Å². The van der Waals surface area contributed by atoms with Gasteiger partial charge in [-0.15, -0.1) is 11.8 Å². The SMILES string of the molecule is CCSc1ccccc1NC(=O)c1ccc(NS(=O)(=O)CC)cc1. The summed E-state index contributed by atoms with van der Waals surface area (Å²) in [6.45, 7) is 3.62. The Hall–Kier alpha value is -1.99. The van der Waals surface area contributed by atoms with Gasteiger partial charge in [0.15, 0.2) is 0 Å². The van der Waals surface area contributed by atoms with Crippen molar-refractivity contribution >= 4 is 39.1 Å². The first-order valence-corrected chi connectivity index (χ1v) is 10.2. The Morgan fingerprint density at radius 3 is 2.33 bits per heavy atom. The highest BCUT2D eigenvalue weighted by Crippen LogP contribution is 2.27. The lowest BCUT2D eigenvalue weighted by Crippen LogP contribution is -2.15. The molecule has 0 aliphatic carbocycles. The van der Waals surface area contributed by atoms with Crippen LogP contribution in [0.2, 0.25) is 0 Å². The minimum Gasteiger partial charge on any atom is -0.321 e. The van der Waals surface area contributed by atoms with E-state index in [0.717, 1.165) is 16.3 Å². The predicted octanol–water partition coefficient (Wildman–Crippen LogP) is 3.81. The highest BCUT2D eigenvalue weighted by molar-refractivity contribution is 7.99. The summed E-state index contributed by atoms with van der Waals surface area (Å²) in [5.74, 6) is 0.685. The first-order valence-electron chi connectivity index (χ1n) is 7.59. The molecule has 128 valence electrons. The molecule has 7 heteroatoms. The number of thioether (sulfide) groups is 1. The van der Waals surface area contributed by atoms with Crippen molar-refractivity contribution in [3.05, 3.63) is 54.1 Å². The van der Waals surface area contributed by atoms with Crippen LogP contribution in [0.5, 0.6) is 0 Å². The first-order chi connectivity index (χ1) is 11.4. The van der Waals surface area contributed by atoms with Crippen molar-refractivity contribution in [1.82, 2.24) is 0 Å². The van der Waals surface area contributed by atoms with Crippen molar-refractivity contribution in [3.63, 3.8) is 0 Å². The van der Waals surface area contributed by atoms with Crippen LogP contribution >= 0.6 is 11.8 Å². The van der Waals surface area contributed by atoms with Crippen LogP contribution in [0.3, 0.4) is 0 Å². The molecule has 0 atom stereocenters. The topological polar surface area (TPSA) is 75.3 Å². The Kier molecular flexibility index (Phi) is 6.28. The predicted molar refractivity (Wildman–Crippen MR) is 100 cm³/mol. The number of hydrogen-bond acceptors (Lipinski definition) is 4. The van der Waals surface area contributed by atoms with E-state index < -0.39 is 10.0 Å². The molecule has 0 spiro atoms. The summed E-state index contributed by atoms with van der Waals surface area (Å²) in [4.78, 5) is 13.4. The molecular formula is C17H20N2O3S2. The third kappa shape index (κ3) is 5.01. The van der Waals surface area contributed by atoms with Crippen molar-refractivity contribution in [2.45, 2.75) is 18.7 Å². The fourth-order valence-corrected chi connectivity index (χ4v) is 3.39. The smallest absolute Gasteiger partial charge is 0.255 e. The van der Waals surface area contributed by atoms with E-state index >= 15 is 0 Å². The summed E-state index contributed by atoms with van der Waals surface area (Å²) in [6, 6.07) is 14.0. The van der Waals surface area contributed by atoms with Crippen LogP contribution in [0.1, 0.15) is 24.2 Å². The van der Waals surface area contributed by atoms with Crippen LogP contribution < -0.4 is 10.0 Å². The number of para-hydroxylation sites is 1. The second kappa shape index (κ2) is 8.21. The van der Waals surface area contributed by atoms with Crippen molar-refractivity contribution in [2.24, 2.45) is 0 Å². The number of anilines is 2. The zero-order valence-corrected chi connectivity index (χ0v) is 15.2. The second-order valence-corrected chi connectivity index (χ2v) is 8.28. The van der Waals surface area contributed by atoms with Gasteiger partial charge in [-0.25, -0.2) is 8.42 Å². The van der Waals surface area contributed by atoms with Crippen molar-refractivity contribution in [3.8, 4) is 0 Å². The number of rotatable bonds is 7. The number of carbonyl (C=O) groups is 1. The quantitative estimate of drug-likeness (QED) is 0.733. The van der Waals surface area contributed by atoms with Gasteiger partial charge in [0, 0.05) is 16.1 Å². The maximum absolute atomic E-state index is 12.4. The van der Waals surface area contributed by atoms with Gasteiger partial charge in [0.2, 0.25) is 10.0 Å². The van der Waals surface area contributed by atoms with Crippen molar-refractivity contribution < 1.29 is 13.2 Å². The second-order valence-electron chi connectivity index (χ2n) is 4.97. The molecule has 0 fully saturated rings. The molecular weight excluding hydrogens is 344 g/mol. The van der Waals surface area contributed by atoms with Gasteiger partial charge in [-0.3, -0.25) is 9.52 Å². The van der Waals surface area contributed by atoms with E-state index in [2.05, 4.69) is 17.0 Å². The Labute approximate surface area is 146 Å². The molecule has 2 aromatic carbocycles. The van der Waals surface area contributed by atoms with Gasteiger partial charge in [-0.1, -0.05) is 19.1 Å². The van der Waals surface area contributed by atoms with Crippen molar-refractivity contribution in [2.75, 3.05) is 21.5 Å². The lowest BCUT2D eigenvalue weighted by atomic mass is 10.2. The molecule has 2 N–H and O–H groups in total. The third-order valence-electron chi connectivity index (χ3n) is 3.24. The summed E-state index contributed by atoms with van der Waals surface area (Å²) in [6.07, 6.45) is 0. The van der Waals surface area contributed by atoms with E-state index in [4.69, 9.17) is 0 Å². The van der Waals surface area contributed by atoms with E-state index in [-0.39, 0.29) is 11.7 Å². The summed E-state index contributed by atoms with van der Waals surface area (Å²) >= 11 is 1.66. The lowest BCUT2D eigenvalue weighted by molar-refractivity contribution is 0.102. The van der Waals surface area contributed by atoms with Crippen LogP contribution in [0.25, 0.3) is 0 Å². The fourth-order valence-electron chi connectivity index (χ4n) is 1.99. The maximum atomic E-state index is 12.4. The molecule has 0 bridgehead atoms. The summed E-state index contributed by atoms with van der Waals surface area (Å²) in [5.41, 5.74) is 1.67. The van der Waals surface area contributed by atoms with Crippen molar-refractivity contribution in [1.29, 1.82) is 0 Å². The van der Waals surface area contributed by atoms with E-state index in [0.29, 0.717) is 11.3 Å². The summed E-state index contributed by atoms with van der Waals surface area (Å²) in [5, 5.41) is 2.89. The highest BCUT2D eigenvalue weighted by Gasteiger charge is 2.10. The molecule has 0 heterocycles. The van der Waals surface area contributed by atoms with Crippen LogP contribution in [0.4, 0.5) is 11.4 Å². The van der Waals surface area contributed by atoms with E-state index in [1.54, 1.807) is 43.0 Å². The van der Waals surface area contributed by atoms with E-state index in [1.807, 2.05) is 24.3 Å². The van der Waals surface area contributed by atoms with Gasteiger partial charge in [0.1, 0.15) is 0 Å². The van der Waals surface area contributed by atoms with Gasteiger partial charge in [-0.2, -0.15) is 0 Å².